The first-order chi connectivity index (χ1) is 13.4. The van der Waals surface area contributed by atoms with Crippen LogP contribution in [0.1, 0.15) is 66.7 Å². The van der Waals surface area contributed by atoms with Crippen LogP contribution in [0.2, 0.25) is 0 Å². The first-order valence-electron chi connectivity index (χ1n) is 10.6. The third-order valence-electron chi connectivity index (χ3n) is 6.66. The molecule has 0 radical (unpaired) electrons. The van der Waals surface area contributed by atoms with Crippen LogP contribution in [0.5, 0.6) is 0 Å². The summed E-state index contributed by atoms with van der Waals surface area (Å²) < 4.78 is 1.73. The van der Waals surface area contributed by atoms with Crippen LogP contribution in [-0.4, -0.2) is 58.7 Å². The SMILES string of the molecule is CNCCC1CCN(C(=O)C2(NC(=O)c3c(C)nn(C)c3C)CCCC2)CC1.Cl. The van der Waals surface area contributed by atoms with Gasteiger partial charge in [-0.3, -0.25) is 14.3 Å². The lowest BCUT2D eigenvalue weighted by atomic mass is 9.90. The van der Waals surface area contributed by atoms with Crippen LogP contribution in [0.15, 0.2) is 0 Å². The van der Waals surface area contributed by atoms with Gasteiger partial charge >= 0.3 is 0 Å². The van der Waals surface area contributed by atoms with E-state index in [1.54, 1.807) is 4.68 Å². The second-order valence-electron chi connectivity index (χ2n) is 8.54. The van der Waals surface area contributed by atoms with Crippen molar-refractivity contribution in [3.05, 3.63) is 17.0 Å². The lowest BCUT2D eigenvalue weighted by molar-refractivity contribution is -0.139. The number of aromatic nitrogens is 2. The zero-order valence-corrected chi connectivity index (χ0v) is 19.0. The number of rotatable bonds is 6. The Hall–Kier alpha value is -1.60. The number of hydrogen-bond acceptors (Lipinski definition) is 4. The zero-order chi connectivity index (χ0) is 20.3. The van der Waals surface area contributed by atoms with E-state index >= 15 is 0 Å². The Morgan fingerprint density at radius 1 is 1.17 bits per heavy atom. The standard InChI is InChI=1S/C21H35N5O2.ClH/c1-15-18(16(2)25(4)24-15)19(27)23-21(10-5-6-11-21)20(28)26-13-8-17(9-14-26)7-12-22-3;/h17,22H,5-14H2,1-4H3,(H,23,27);1H. The maximum atomic E-state index is 13.5. The predicted molar refractivity (Wildman–Crippen MR) is 116 cm³/mol. The molecule has 2 heterocycles. The van der Waals surface area contributed by atoms with Gasteiger partial charge in [0.05, 0.1) is 11.3 Å². The topological polar surface area (TPSA) is 79.3 Å². The van der Waals surface area contributed by atoms with Gasteiger partial charge in [-0.25, -0.2) is 0 Å². The number of hydrogen-bond donors (Lipinski definition) is 2. The van der Waals surface area contributed by atoms with Crippen molar-refractivity contribution in [2.45, 2.75) is 64.3 Å². The van der Waals surface area contributed by atoms with Gasteiger partial charge in [0.15, 0.2) is 0 Å². The number of piperidine rings is 1. The molecule has 3 rings (SSSR count). The summed E-state index contributed by atoms with van der Waals surface area (Å²) in [5.41, 5.74) is 1.40. The summed E-state index contributed by atoms with van der Waals surface area (Å²) in [6.45, 7) is 6.38. The van der Waals surface area contributed by atoms with E-state index < -0.39 is 5.54 Å². The molecular weight excluding hydrogens is 390 g/mol. The highest BCUT2D eigenvalue weighted by Crippen LogP contribution is 2.34. The van der Waals surface area contributed by atoms with E-state index in [4.69, 9.17) is 0 Å². The van der Waals surface area contributed by atoms with E-state index in [-0.39, 0.29) is 24.2 Å². The quantitative estimate of drug-likeness (QED) is 0.733. The molecule has 1 aromatic rings. The van der Waals surface area contributed by atoms with Gasteiger partial charge < -0.3 is 15.5 Å². The fourth-order valence-electron chi connectivity index (χ4n) is 4.83. The van der Waals surface area contributed by atoms with Crippen molar-refractivity contribution < 1.29 is 9.59 Å². The molecule has 29 heavy (non-hydrogen) atoms. The number of nitrogens with one attached hydrogen (secondary N) is 2. The van der Waals surface area contributed by atoms with Crippen molar-refractivity contribution in [3.8, 4) is 0 Å². The van der Waals surface area contributed by atoms with Gasteiger partial charge in [-0.1, -0.05) is 12.8 Å². The van der Waals surface area contributed by atoms with Crippen LogP contribution >= 0.6 is 12.4 Å². The van der Waals surface area contributed by atoms with Crippen LogP contribution in [0.4, 0.5) is 0 Å². The van der Waals surface area contributed by atoms with Crippen molar-refractivity contribution in [1.82, 2.24) is 25.3 Å². The third-order valence-corrected chi connectivity index (χ3v) is 6.66. The Kier molecular flexibility index (Phi) is 8.11. The Balaban J connectivity index is 0.00000300. The fourth-order valence-corrected chi connectivity index (χ4v) is 4.83. The molecule has 2 fully saturated rings. The molecule has 2 aliphatic rings. The van der Waals surface area contributed by atoms with Gasteiger partial charge in [0, 0.05) is 25.8 Å². The fraction of sp³-hybridized carbons (Fsp3) is 0.762. The highest BCUT2D eigenvalue weighted by molar-refractivity contribution is 6.00. The number of likely N-dealkylation sites (tertiary alicyclic amines) is 1. The van der Waals surface area contributed by atoms with Crippen molar-refractivity contribution in [2.75, 3.05) is 26.7 Å². The molecule has 2 amide bonds. The number of carbonyl (C=O) groups is 2. The molecule has 1 aromatic heterocycles. The highest BCUT2D eigenvalue weighted by atomic mass is 35.5. The first-order valence-corrected chi connectivity index (χ1v) is 10.6. The summed E-state index contributed by atoms with van der Waals surface area (Å²) in [6.07, 6.45) is 6.70. The van der Waals surface area contributed by atoms with Crippen LogP contribution in [0.25, 0.3) is 0 Å². The lowest BCUT2D eigenvalue weighted by Gasteiger charge is -2.39. The summed E-state index contributed by atoms with van der Waals surface area (Å²) in [6, 6.07) is 0. The molecule has 0 unspecified atom stereocenters. The van der Waals surface area contributed by atoms with Gasteiger partial charge in [-0.15, -0.1) is 12.4 Å². The molecule has 8 heteroatoms. The molecular formula is C21H36ClN5O2. The molecule has 0 atom stereocenters. The van der Waals surface area contributed by atoms with Gasteiger partial charge in [0.2, 0.25) is 5.91 Å². The summed E-state index contributed by atoms with van der Waals surface area (Å²) in [5, 5.41) is 10.7. The van der Waals surface area contributed by atoms with Gasteiger partial charge in [-0.2, -0.15) is 5.10 Å². The van der Waals surface area contributed by atoms with E-state index in [1.807, 2.05) is 32.8 Å². The number of halogens is 1. The molecule has 0 aromatic carbocycles. The van der Waals surface area contributed by atoms with Gasteiger partial charge in [0.25, 0.3) is 5.91 Å². The number of nitrogens with zero attached hydrogens (tertiary/aromatic N) is 3. The lowest BCUT2D eigenvalue weighted by Crippen LogP contribution is -2.59. The van der Waals surface area contributed by atoms with Gasteiger partial charge in [0.1, 0.15) is 5.54 Å². The largest absolute Gasteiger partial charge is 0.341 e. The smallest absolute Gasteiger partial charge is 0.255 e. The van der Waals surface area contributed by atoms with Crippen LogP contribution in [0.3, 0.4) is 0 Å². The predicted octanol–water partition coefficient (Wildman–Crippen LogP) is 2.35. The van der Waals surface area contributed by atoms with Crippen molar-refractivity contribution >= 4 is 24.2 Å². The Morgan fingerprint density at radius 3 is 2.31 bits per heavy atom. The van der Waals surface area contributed by atoms with E-state index in [9.17, 15) is 9.59 Å². The molecule has 0 bridgehead atoms. The van der Waals surface area contributed by atoms with Crippen LogP contribution in [-0.2, 0) is 11.8 Å². The maximum Gasteiger partial charge on any atom is 0.255 e. The maximum absolute atomic E-state index is 13.5. The minimum Gasteiger partial charge on any atom is -0.341 e. The number of aryl methyl sites for hydroxylation is 2. The molecule has 1 aliphatic carbocycles. The van der Waals surface area contributed by atoms with Gasteiger partial charge in [-0.05, 0) is 65.5 Å². The summed E-state index contributed by atoms with van der Waals surface area (Å²) in [4.78, 5) is 28.5. The van der Waals surface area contributed by atoms with E-state index in [1.165, 1.54) is 6.42 Å². The average Bonchev–Trinajstić information content (AvgIpc) is 3.25. The monoisotopic (exact) mass is 425 g/mol. The molecule has 7 nitrogen and oxygen atoms in total. The summed E-state index contributed by atoms with van der Waals surface area (Å²) >= 11 is 0. The summed E-state index contributed by atoms with van der Waals surface area (Å²) in [7, 11) is 3.82. The highest BCUT2D eigenvalue weighted by Gasteiger charge is 2.45. The zero-order valence-electron chi connectivity index (χ0n) is 18.2. The Labute approximate surface area is 180 Å². The molecule has 1 saturated heterocycles. The normalized spacial score (nSPS) is 19.1. The third kappa shape index (κ3) is 4.94. The molecule has 1 aliphatic heterocycles. The minimum absolute atomic E-state index is 0. The Bertz CT molecular complexity index is 719. The van der Waals surface area contributed by atoms with Crippen molar-refractivity contribution in [3.63, 3.8) is 0 Å². The van der Waals surface area contributed by atoms with Crippen molar-refractivity contribution in [2.24, 2.45) is 13.0 Å². The van der Waals surface area contributed by atoms with Crippen molar-refractivity contribution in [1.29, 1.82) is 0 Å². The number of carbonyl (C=O) groups excluding carboxylic acids is 2. The summed E-state index contributed by atoms with van der Waals surface area (Å²) in [5.74, 6) is 0.637. The number of amides is 2. The van der Waals surface area contributed by atoms with E-state index in [0.29, 0.717) is 17.2 Å². The van der Waals surface area contributed by atoms with Crippen LogP contribution in [0, 0.1) is 19.8 Å². The minimum atomic E-state index is -0.746. The second-order valence-corrected chi connectivity index (χ2v) is 8.54. The van der Waals surface area contributed by atoms with Crippen LogP contribution < -0.4 is 10.6 Å². The van der Waals surface area contributed by atoms with E-state index in [0.717, 1.165) is 63.9 Å². The second kappa shape index (κ2) is 9.94. The Morgan fingerprint density at radius 2 is 1.79 bits per heavy atom. The molecule has 1 saturated carbocycles. The molecule has 0 spiro atoms. The van der Waals surface area contributed by atoms with E-state index in [2.05, 4.69) is 15.7 Å². The average molecular weight is 426 g/mol. The molecule has 164 valence electrons. The molecule has 2 N–H and O–H groups in total. The first kappa shape index (κ1) is 23.7.